The Bertz CT molecular complexity index is 1220. The van der Waals surface area contributed by atoms with E-state index in [0.717, 1.165) is 0 Å². The Morgan fingerprint density at radius 3 is 2.42 bits per heavy atom. The van der Waals surface area contributed by atoms with Gasteiger partial charge in [0.15, 0.2) is 0 Å². The Morgan fingerprint density at radius 1 is 1.11 bits per heavy atom. The van der Waals surface area contributed by atoms with Gasteiger partial charge in [-0.15, -0.1) is 0 Å². The first-order chi connectivity index (χ1) is 17.9. The van der Waals surface area contributed by atoms with Gasteiger partial charge in [-0.1, -0.05) is 25.1 Å². The Hall–Kier alpha value is -3.31. The van der Waals surface area contributed by atoms with E-state index in [1.807, 2.05) is 27.7 Å². The first-order valence-corrected chi connectivity index (χ1v) is 14.1. The summed E-state index contributed by atoms with van der Waals surface area (Å²) in [5, 5.41) is 2.94. The molecular formula is C27H38N4O6S. The molecule has 0 saturated heterocycles. The number of carbonyl (C=O) groups excluding carboxylic acids is 2. The minimum Gasteiger partial charge on any atom is -0.491 e. The number of benzene rings is 2. The summed E-state index contributed by atoms with van der Waals surface area (Å²) in [4.78, 5) is 29.8. The van der Waals surface area contributed by atoms with Crippen LogP contribution in [-0.4, -0.2) is 82.2 Å². The van der Waals surface area contributed by atoms with Gasteiger partial charge in [0.25, 0.3) is 15.9 Å². The molecule has 0 spiro atoms. The highest BCUT2D eigenvalue weighted by molar-refractivity contribution is 7.92. The van der Waals surface area contributed by atoms with Crippen molar-refractivity contribution < 1.29 is 27.5 Å². The average Bonchev–Trinajstić information content (AvgIpc) is 2.87. The molecule has 0 aromatic heterocycles. The standard InChI is InChI=1S/C27H38N4O6S/c1-18(2)28-27(33)31-15-19(3)25(36-6)16-30(5)26(32)23-13-12-21(14-24(23)37-17-20(31)4)29-38(34,35)22-10-8-7-9-11-22/h7-14,18-20,25,29H,15-17H2,1-6H3,(H,28,33)/t19-,20-,25+/m0/s1. The lowest BCUT2D eigenvalue weighted by molar-refractivity contribution is 0.0165. The van der Waals surface area contributed by atoms with Crippen LogP contribution < -0.4 is 14.8 Å². The molecule has 2 N–H and O–H groups in total. The van der Waals surface area contributed by atoms with E-state index in [0.29, 0.717) is 13.1 Å². The van der Waals surface area contributed by atoms with Crippen molar-refractivity contribution in [3.8, 4) is 5.75 Å². The summed E-state index contributed by atoms with van der Waals surface area (Å²) in [5.41, 5.74) is 0.532. The van der Waals surface area contributed by atoms with Crippen molar-refractivity contribution >= 4 is 27.6 Å². The zero-order valence-electron chi connectivity index (χ0n) is 22.8. The fraction of sp³-hybridized carbons (Fsp3) is 0.481. The molecule has 11 heteroatoms. The topological polar surface area (TPSA) is 117 Å². The van der Waals surface area contributed by atoms with Crippen LogP contribution >= 0.6 is 0 Å². The molecule has 10 nitrogen and oxygen atoms in total. The summed E-state index contributed by atoms with van der Waals surface area (Å²) >= 11 is 0. The molecule has 38 heavy (non-hydrogen) atoms. The van der Waals surface area contributed by atoms with E-state index < -0.39 is 10.0 Å². The molecule has 3 amide bonds. The quantitative estimate of drug-likeness (QED) is 0.594. The highest BCUT2D eigenvalue weighted by atomic mass is 32.2. The van der Waals surface area contributed by atoms with Crippen molar-refractivity contribution in [2.24, 2.45) is 5.92 Å². The zero-order chi connectivity index (χ0) is 28.0. The van der Waals surface area contributed by atoms with Crippen LogP contribution in [0.15, 0.2) is 53.4 Å². The van der Waals surface area contributed by atoms with Crippen LogP contribution in [0, 0.1) is 5.92 Å². The summed E-state index contributed by atoms with van der Waals surface area (Å²) in [6.07, 6.45) is -0.314. The Balaban J connectivity index is 1.98. The molecule has 0 radical (unpaired) electrons. The second-order valence-electron chi connectivity index (χ2n) is 9.98. The maximum atomic E-state index is 13.4. The maximum absolute atomic E-state index is 13.4. The molecule has 1 heterocycles. The van der Waals surface area contributed by atoms with Crippen molar-refractivity contribution in [1.29, 1.82) is 0 Å². The van der Waals surface area contributed by atoms with E-state index in [1.165, 1.54) is 24.3 Å². The van der Waals surface area contributed by atoms with Crippen LogP contribution in [0.2, 0.25) is 0 Å². The lowest BCUT2D eigenvalue weighted by Gasteiger charge is -2.36. The predicted octanol–water partition coefficient (Wildman–Crippen LogP) is 3.41. The third-order valence-electron chi connectivity index (χ3n) is 6.43. The lowest BCUT2D eigenvalue weighted by atomic mass is 10.0. The van der Waals surface area contributed by atoms with Crippen LogP contribution in [0.1, 0.15) is 38.1 Å². The molecule has 1 aliphatic rings. The number of nitrogens with one attached hydrogen (secondary N) is 2. The molecular weight excluding hydrogens is 508 g/mol. The highest BCUT2D eigenvalue weighted by Gasteiger charge is 2.30. The van der Waals surface area contributed by atoms with Gasteiger partial charge in [-0.05, 0) is 45.0 Å². The largest absolute Gasteiger partial charge is 0.491 e. The minimum absolute atomic E-state index is 0.0461. The summed E-state index contributed by atoms with van der Waals surface area (Å²) in [6.45, 7) is 8.43. The highest BCUT2D eigenvalue weighted by Crippen LogP contribution is 2.28. The van der Waals surface area contributed by atoms with Gasteiger partial charge in [0, 0.05) is 45.3 Å². The van der Waals surface area contributed by atoms with Gasteiger partial charge in [-0.2, -0.15) is 0 Å². The van der Waals surface area contributed by atoms with Crippen molar-refractivity contribution in [3.05, 3.63) is 54.1 Å². The van der Waals surface area contributed by atoms with E-state index in [1.54, 1.807) is 48.2 Å². The van der Waals surface area contributed by atoms with Gasteiger partial charge in [0.1, 0.15) is 12.4 Å². The first-order valence-electron chi connectivity index (χ1n) is 12.6. The molecule has 2 aromatic carbocycles. The molecule has 0 fully saturated rings. The van der Waals surface area contributed by atoms with Crippen molar-refractivity contribution in [3.63, 3.8) is 0 Å². The molecule has 3 atom stereocenters. The van der Waals surface area contributed by atoms with Crippen LogP contribution in [0.4, 0.5) is 10.5 Å². The smallest absolute Gasteiger partial charge is 0.317 e. The number of anilines is 1. The van der Waals surface area contributed by atoms with Crippen LogP contribution in [0.5, 0.6) is 5.75 Å². The van der Waals surface area contributed by atoms with E-state index >= 15 is 0 Å². The maximum Gasteiger partial charge on any atom is 0.317 e. The third-order valence-corrected chi connectivity index (χ3v) is 7.82. The number of ether oxygens (including phenoxy) is 2. The fourth-order valence-corrected chi connectivity index (χ4v) is 5.33. The minimum atomic E-state index is -3.84. The van der Waals surface area contributed by atoms with Crippen molar-refractivity contribution in [1.82, 2.24) is 15.1 Å². The van der Waals surface area contributed by atoms with Crippen molar-refractivity contribution in [2.45, 2.75) is 50.8 Å². The fourth-order valence-electron chi connectivity index (χ4n) is 4.26. The molecule has 0 aliphatic carbocycles. The Labute approximate surface area is 225 Å². The number of fused-ring (bicyclic) bond motifs is 1. The zero-order valence-corrected chi connectivity index (χ0v) is 23.6. The molecule has 3 rings (SSSR count). The average molecular weight is 547 g/mol. The summed E-state index contributed by atoms with van der Waals surface area (Å²) in [7, 11) is -0.574. The molecule has 1 aliphatic heterocycles. The number of amides is 3. The van der Waals surface area contributed by atoms with E-state index in [4.69, 9.17) is 9.47 Å². The van der Waals surface area contributed by atoms with Gasteiger partial charge in [0.2, 0.25) is 0 Å². The van der Waals surface area contributed by atoms with E-state index in [-0.39, 0.29) is 64.5 Å². The predicted molar refractivity (Wildman–Crippen MR) is 146 cm³/mol. The second kappa shape index (κ2) is 12.5. The van der Waals surface area contributed by atoms with Gasteiger partial charge >= 0.3 is 6.03 Å². The summed E-state index contributed by atoms with van der Waals surface area (Å²) in [5.74, 6) is -0.132. The van der Waals surface area contributed by atoms with Gasteiger partial charge in [-0.3, -0.25) is 9.52 Å². The SMILES string of the molecule is CO[C@@H]1CN(C)C(=O)c2ccc(NS(=O)(=O)c3ccccc3)cc2OC[C@H](C)N(C(=O)NC(C)C)C[C@@H]1C. The number of hydrogen-bond donors (Lipinski definition) is 2. The normalized spacial score (nSPS) is 21.1. The number of urea groups is 1. The second-order valence-corrected chi connectivity index (χ2v) is 11.7. The third kappa shape index (κ3) is 7.16. The lowest BCUT2D eigenvalue weighted by Crippen LogP contribution is -2.52. The Kier molecular flexibility index (Phi) is 9.61. The van der Waals surface area contributed by atoms with Crippen LogP contribution in [-0.2, 0) is 14.8 Å². The number of carbonyl (C=O) groups is 2. The summed E-state index contributed by atoms with van der Waals surface area (Å²) < 4.78 is 40.1. The molecule has 0 saturated carbocycles. The number of nitrogens with zero attached hydrogens (tertiary/aromatic N) is 2. The molecule has 2 aromatic rings. The number of rotatable bonds is 5. The monoisotopic (exact) mass is 546 g/mol. The van der Waals surface area contributed by atoms with E-state index in [2.05, 4.69) is 10.0 Å². The van der Waals surface area contributed by atoms with E-state index in [9.17, 15) is 18.0 Å². The number of hydrogen-bond acceptors (Lipinski definition) is 6. The van der Waals surface area contributed by atoms with Crippen molar-refractivity contribution in [2.75, 3.05) is 38.6 Å². The number of sulfonamides is 1. The van der Waals surface area contributed by atoms with Crippen LogP contribution in [0.25, 0.3) is 0 Å². The van der Waals surface area contributed by atoms with Gasteiger partial charge < -0.3 is 24.6 Å². The molecule has 0 bridgehead atoms. The number of methoxy groups -OCH3 is 1. The van der Waals surface area contributed by atoms with Gasteiger partial charge in [0.05, 0.1) is 28.3 Å². The first kappa shape index (κ1) is 29.2. The molecule has 0 unspecified atom stereocenters. The summed E-state index contributed by atoms with van der Waals surface area (Å²) in [6, 6.07) is 12.0. The van der Waals surface area contributed by atoms with Gasteiger partial charge in [-0.25, -0.2) is 13.2 Å². The van der Waals surface area contributed by atoms with Crippen LogP contribution in [0.3, 0.4) is 0 Å². The molecule has 208 valence electrons. The Morgan fingerprint density at radius 2 is 1.79 bits per heavy atom. The number of likely N-dealkylation sites (N-methyl/N-ethyl adjacent to an activating group) is 1.